The Morgan fingerprint density at radius 1 is 1.12 bits per heavy atom. The molecule has 0 saturated carbocycles. The second kappa shape index (κ2) is 3.78. The van der Waals surface area contributed by atoms with Crippen molar-refractivity contribution in [1.82, 2.24) is 15.2 Å². The van der Waals surface area contributed by atoms with E-state index in [-0.39, 0.29) is 0 Å². The average molecular weight is 242 g/mol. The number of anilines is 1. The minimum absolute atomic E-state index is 0.590. The Morgan fingerprint density at radius 3 is 2.76 bits per heavy atom. The molecule has 3 rings (SSSR count). The highest BCUT2D eigenvalue weighted by atomic mass is 32.1. The summed E-state index contributed by atoms with van der Waals surface area (Å²) in [6.45, 7) is 1.92. The van der Waals surface area contributed by atoms with Crippen LogP contribution in [0.3, 0.4) is 0 Å². The maximum absolute atomic E-state index is 5.68. The number of hydrogen-bond acceptors (Lipinski definition) is 5. The molecular formula is C12H10N4S. The van der Waals surface area contributed by atoms with Crippen LogP contribution in [0, 0.1) is 6.92 Å². The molecule has 84 valence electrons. The number of nitrogens with zero attached hydrogens (tertiary/aromatic N) is 3. The Balaban J connectivity index is 2.13. The van der Waals surface area contributed by atoms with Gasteiger partial charge in [-0.1, -0.05) is 17.4 Å². The van der Waals surface area contributed by atoms with E-state index in [2.05, 4.69) is 15.2 Å². The molecule has 0 atom stereocenters. The van der Waals surface area contributed by atoms with Gasteiger partial charge in [0.25, 0.3) is 0 Å². The lowest BCUT2D eigenvalue weighted by molar-refractivity contribution is 0.987. The first kappa shape index (κ1) is 10.2. The molecule has 0 bridgehead atoms. The maximum Gasteiger partial charge on any atom is 0.181 e. The van der Waals surface area contributed by atoms with Crippen LogP contribution in [-0.4, -0.2) is 15.2 Å². The lowest BCUT2D eigenvalue weighted by atomic mass is 10.1. The fourth-order valence-electron chi connectivity index (χ4n) is 1.65. The summed E-state index contributed by atoms with van der Waals surface area (Å²) in [5, 5.41) is 8.81. The van der Waals surface area contributed by atoms with Gasteiger partial charge in [-0.3, -0.25) is 0 Å². The SMILES string of the molecule is Cc1ccc(-c2ccc3nc(N)sc3c2)nn1. The summed E-state index contributed by atoms with van der Waals surface area (Å²) in [6.07, 6.45) is 0. The van der Waals surface area contributed by atoms with E-state index in [0.29, 0.717) is 5.13 Å². The van der Waals surface area contributed by atoms with Gasteiger partial charge >= 0.3 is 0 Å². The van der Waals surface area contributed by atoms with Crippen LogP contribution in [0.15, 0.2) is 30.3 Å². The van der Waals surface area contributed by atoms with E-state index in [9.17, 15) is 0 Å². The highest BCUT2D eigenvalue weighted by Crippen LogP contribution is 2.28. The first-order valence-corrected chi connectivity index (χ1v) is 6.01. The minimum Gasteiger partial charge on any atom is -0.375 e. The predicted octanol–water partition coefficient (Wildman–Crippen LogP) is 2.64. The zero-order chi connectivity index (χ0) is 11.8. The Hall–Kier alpha value is -2.01. The smallest absolute Gasteiger partial charge is 0.181 e. The summed E-state index contributed by atoms with van der Waals surface area (Å²) in [5.74, 6) is 0. The van der Waals surface area contributed by atoms with Gasteiger partial charge in [-0.2, -0.15) is 10.2 Å². The normalized spacial score (nSPS) is 10.9. The zero-order valence-corrected chi connectivity index (χ0v) is 10.0. The maximum atomic E-state index is 5.68. The number of benzene rings is 1. The second-order valence-electron chi connectivity index (χ2n) is 3.79. The Bertz CT molecular complexity index is 673. The molecule has 0 fully saturated rings. The van der Waals surface area contributed by atoms with Gasteiger partial charge in [-0.15, -0.1) is 0 Å². The van der Waals surface area contributed by atoms with Crippen LogP contribution in [0.4, 0.5) is 5.13 Å². The van der Waals surface area contributed by atoms with Gasteiger partial charge in [-0.05, 0) is 31.2 Å². The van der Waals surface area contributed by atoms with Crippen molar-refractivity contribution in [3.63, 3.8) is 0 Å². The first-order chi connectivity index (χ1) is 8.22. The molecule has 0 unspecified atom stereocenters. The van der Waals surface area contributed by atoms with Gasteiger partial charge in [0, 0.05) is 5.56 Å². The van der Waals surface area contributed by atoms with E-state index < -0.39 is 0 Å². The van der Waals surface area contributed by atoms with Crippen LogP contribution >= 0.6 is 11.3 Å². The number of aryl methyl sites for hydroxylation is 1. The molecule has 0 aliphatic carbocycles. The number of nitrogen functional groups attached to an aromatic ring is 1. The molecule has 0 saturated heterocycles. The number of thiazole rings is 1. The fourth-order valence-corrected chi connectivity index (χ4v) is 2.43. The van der Waals surface area contributed by atoms with Crippen molar-refractivity contribution >= 4 is 26.7 Å². The van der Waals surface area contributed by atoms with Crippen molar-refractivity contribution in [2.45, 2.75) is 6.92 Å². The number of nitrogens with two attached hydrogens (primary N) is 1. The molecule has 0 amide bonds. The van der Waals surface area contributed by atoms with Crippen LogP contribution in [0.1, 0.15) is 5.69 Å². The Kier molecular flexibility index (Phi) is 2.26. The number of aromatic nitrogens is 3. The summed E-state index contributed by atoms with van der Waals surface area (Å²) in [4.78, 5) is 4.22. The summed E-state index contributed by atoms with van der Waals surface area (Å²) < 4.78 is 1.07. The van der Waals surface area contributed by atoms with Crippen molar-refractivity contribution in [3.05, 3.63) is 36.0 Å². The van der Waals surface area contributed by atoms with Gasteiger partial charge in [-0.25, -0.2) is 4.98 Å². The third-order valence-electron chi connectivity index (χ3n) is 2.50. The fraction of sp³-hybridized carbons (Fsp3) is 0.0833. The van der Waals surface area contributed by atoms with Crippen molar-refractivity contribution in [2.75, 3.05) is 5.73 Å². The van der Waals surface area contributed by atoms with Crippen molar-refractivity contribution in [1.29, 1.82) is 0 Å². The summed E-state index contributed by atoms with van der Waals surface area (Å²) in [5.41, 5.74) is 9.42. The molecule has 5 heteroatoms. The van der Waals surface area contributed by atoms with Crippen molar-refractivity contribution in [2.24, 2.45) is 0 Å². The minimum atomic E-state index is 0.590. The Labute approximate surface area is 102 Å². The summed E-state index contributed by atoms with van der Waals surface area (Å²) in [6, 6.07) is 9.91. The van der Waals surface area contributed by atoms with Gasteiger partial charge < -0.3 is 5.73 Å². The van der Waals surface area contributed by atoms with Crippen LogP contribution in [0.5, 0.6) is 0 Å². The predicted molar refractivity (Wildman–Crippen MR) is 69.8 cm³/mol. The molecule has 1 aromatic carbocycles. The molecule has 0 spiro atoms. The van der Waals surface area contributed by atoms with Crippen LogP contribution in [0.2, 0.25) is 0 Å². The molecular weight excluding hydrogens is 232 g/mol. The van der Waals surface area contributed by atoms with Gasteiger partial charge in [0.1, 0.15) is 0 Å². The lowest BCUT2D eigenvalue weighted by Gasteiger charge is -1.99. The van der Waals surface area contributed by atoms with Crippen LogP contribution in [-0.2, 0) is 0 Å². The quantitative estimate of drug-likeness (QED) is 0.712. The Morgan fingerprint density at radius 2 is 2.00 bits per heavy atom. The van der Waals surface area contributed by atoms with E-state index >= 15 is 0 Å². The van der Waals surface area contributed by atoms with Crippen LogP contribution in [0.25, 0.3) is 21.5 Å². The average Bonchev–Trinajstić information content (AvgIpc) is 2.69. The molecule has 0 radical (unpaired) electrons. The monoisotopic (exact) mass is 242 g/mol. The lowest BCUT2D eigenvalue weighted by Crippen LogP contribution is -1.89. The summed E-state index contributed by atoms with van der Waals surface area (Å²) in [7, 11) is 0. The van der Waals surface area contributed by atoms with E-state index in [1.807, 2.05) is 37.3 Å². The zero-order valence-electron chi connectivity index (χ0n) is 9.21. The number of fused-ring (bicyclic) bond motifs is 1. The van der Waals surface area contributed by atoms with Gasteiger partial charge in [0.05, 0.1) is 21.6 Å². The van der Waals surface area contributed by atoms with Crippen LogP contribution < -0.4 is 5.73 Å². The van der Waals surface area contributed by atoms with Crippen molar-refractivity contribution in [3.8, 4) is 11.3 Å². The highest BCUT2D eigenvalue weighted by molar-refractivity contribution is 7.22. The molecule has 4 nitrogen and oxygen atoms in total. The largest absolute Gasteiger partial charge is 0.375 e. The molecule has 2 aromatic heterocycles. The first-order valence-electron chi connectivity index (χ1n) is 5.19. The van der Waals surface area contributed by atoms with Gasteiger partial charge in [0.2, 0.25) is 0 Å². The molecule has 3 aromatic rings. The van der Waals surface area contributed by atoms with E-state index in [0.717, 1.165) is 27.2 Å². The topological polar surface area (TPSA) is 64.7 Å². The third kappa shape index (κ3) is 1.85. The molecule has 0 aliphatic heterocycles. The van der Waals surface area contributed by atoms with E-state index in [4.69, 9.17) is 5.73 Å². The van der Waals surface area contributed by atoms with E-state index in [1.165, 1.54) is 11.3 Å². The van der Waals surface area contributed by atoms with Crippen molar-refractivity contribution < 1.29 is 0 Å². The van der Waals surface area contributed by atoms with Gasteiger partial charge in [0.15, 0.2) is 5.13 Å². The second-order valence-corrected chi connectivity index (χ2v) is 4.86. The number of rotatable bonds is 1. The number of hydrogen-bond donors (Lipinski definition) is 1. The van der Waals surface area contributed by atoms with E-state index in [1.54, 1.807) is 0 Å². The standard InChI is InChI=1S/C12H10N4S/c1-7-2-4-9(16-15-7)8-3-5-10-11(6-8)17-12(13)14-10/h2-6H,1H3,(H2,13,14). The third-order valence-corrected chi connectivity index (χ3v) is 3.35. The summed E-state index contributed by atoms with van der Waals surface area (Å²) >= 11 is 1.48. The molecule has 0 aliphatic rings. The highest BCUT2D eigenvalue weighted by Gasteiger charge is 2.05. The molecule has 17 heavy (non-hydrogen) atoms. The molecule has 2 heterocycles. The molecule has 2 N–H and O–H groups in total.